The van der Waals surface area contributed by atoms with Gasteiger partial charge in [0.15, 0.2) is 11.6 Å². The lowest BCUT2D eigenvalue weighted by molar-refractivity contribution is -0.392. The first-order valence-corrected chi connectivity index (χ1v) is 6.21. The van der Waals surface area contributed by atoms with Gasteiger partial charge in [-0.2, -0.15) is 0 Å². The second-order valence-corrected chi connectivity index (χ2v) is 4.68. The first kappa shape index (κ1) is 14.7. The number of aliphatic hydroxyl groups excluding tert-OH is 1. The second-order valence-electron chi connectivity index (χ2n) is 4.68. The van der Waals surface area contributed by atoms with E-state index in [1.165, 1.54) is 16.4 Å². The molecule has 0 unspecified atom stereocenters. The van der Waals surface area contributed by atoms with Crippen LogP contribution in [0.3, 0.4) is 0 Å². The molecule has 9 nitrogen and oxygen atoms in total. The van der Waals surface area contributed by atoms with Crippen LogP contribution in [0.1, 0.15) is 12.7 Å². The summed E-state index contributed by atoms with van der Waals surface area (Å²) in [6.45, 7) is 3.06. The van der Waals surface area contributed by atoms with Crippen LogP contribution in [0.2, 0.25) is 0 Å². The van der Waals surface area contributed by atoms with Crippen molar-refractivity contribution in [3.05, 3.63) is 33.5 Å². The number of nitro groups is 1. The zero-order valence-corrected chi connectivity index (χ0v) is 11.6. The van der Waals surface area contributed by atoms with Gasteiger partial charge in [-0.1, -0.05) is 0 Å². The zero-order valence-electron chi connectivity index (χ0n) is 11.6. The standard InChI is InChI=1S/C12H14N4O5/c1-7(17)11-9(18)6-14(12(11)19)3-4-15-8(2)13-5-10(15)16(20)21/h5,18H,3-4,6H2,1-2H3. The first-order valence-electron chi connectivity index (χ1n) is 6.21. The Labute approximate surface area is 119 Å². The topological polar surface area (TPSA) is 119 Å². The predicted octanol–water partition coefficient (Wildman–Crippen LogP) is 0.343. The highest BCUT2D eigenvalue weighted by Crippen LogP contribution is 2.19. The maximum absolute atomic E-state index is 11.9. The monoisotopic (exact) mass is 294 g/mol. The van der Waals surface area contributed by atoms with E-state index in [1.807, 2.05) is 0 Å². The predicted molar refractivity (Wildman–Crippen MR) is 70.5 cm³/mol. The van der Waals surface area contributed by atoms with Gasteiger partial charge in [0.05, 0.1) is 13.1 Å². The summed E-state index contributed by atoms with van der Waals surface area (Å²) in [5.41, 5.74) is -0.216. The molecule has 1 amide bonds. The van der Waals surface area contributed by atoms with Gasteiger partial charge >= 0.3 is 5.82 Å². The summed E-state index contributed by atoms with van der Waals surface area (Å²) in [7, 11) is 0. The van der Waals surface area contributed by atoms with Gasteiger partial charge in [-0.15, -0.1) is 0 Å². The number of nitrogens with zero attached hydrogens (tertiary/aromatic N) is 4. The van der Waals surface area contributed by atoms with Gasteiger partial charge in [0.2, 0.25) is 0 Å². The summed E-state index contributed by atoms with van der Waals surface area (Å²) < 4.78 is 1.37. The Hall–Kier alpha value is -2.71. The number of carbonyl (C=O) groups excluding carboxylic acids is 2. The summed E-state index contributed by atoms with van der Waals surface area (Å²) >= 11 is 0. The van der Waals surface area contributed by atoms with Crippen LogP contribution in [0.15, 0.2) is 17.5 Å². The van der Waals surface area contributed by atoms with Crippen LogP contribution in [0.5, 0.6) is 0 Å². The van der Waals surface area contributed by atoms with E-state index in [2.05, 4.69) is 4.98 Å². The minimum atomic E-state index is -0.555. The average Bonchev–Trinajstić information content (AvgIpc) is 2.87. The summed E-state index contributed by atoms with van der Waals surface area (Å²) in [6.07, 6.45) is 1.15. The van der Waals surface area contributed by atoms with Crippen molar-refractivity contribution < 1.29 is 19.6 Å². The molecule has 0 radical (unpaired) electrons. The van der Waals surface area contributed by atoms with E-state index >= 15 is 0 Å². The number of amides is 1. The van der Waals surface area contributed by atoms with E-state index in [1.54, 1.807) is 6.92 Å². The Bertz CT molecular complexity index is 661. The fourth-order valence-electron chi connectivity index (χ4n) is 2.25. The fourth-order valence-corrected chi connectivity index (χ4v) is 2.25. The molecule has 1 aromatic rings. The molecule has 112 valence electrons. The van der Waals surface area contributed by atoms with E-state index in [0.717, 1.165) is 6.20 Å². The van der Waals surface area contributed by atoms with Crippen LogP contribution in [-0.2, 0) is 16.1 Å². The summed E-state index contributed by atoms with van der Waals surface area (Å²) in [4.78, 5) is 38.7. The average molecular weight is 294 g/mol. The van der Waals surface area contributed by atoms with Gasteiger partial charge in [-0.05, 0) is 11.8 Å². The lowest BCUT2D eigenvalue weighted by Crippen LogP contribution is -2.32. The molecule has 9 heteroatoms. The minimum absolute atomic E-state index is 0.0602. The van der Waals surface area contributed by atoms with Crippen molar-refractivity contribution in [1.29, 1.82) is 0 Å². The molecule has 0 aromatic carbocycles. The lowest BCUT2D eigenvalue weighted by atomic mass is 10.2. The van der Waals surface area contributed by atoms with Crippen molar-refractivity contribution in [1.82, 2.24) is 14.5 Å². The molecule has 0 bridgehead atoms. The lowest BCUT2D eigenvalue weighted by Gasteiger charge is -2.15. The third-order valence-corrected chi connectivity index (χ3v) is 3.30. The number of hydrogen-bond acceptors (Lipinski definition) is 6. The van der Waals surface area contributed by atoms with Crippen molar-refractivity contribution >= 4 is 17.5 Å². The van der Waals surface area contributed by atoms with Gasteiger partial charge in [0, 0.05) is 6.92 Å². The van der Waals surface area contributed by atoms with Crippen LogP contribution >= 0.6 is 0 Å². The summed E-state index contributed by atoms with van der Waals surface area (Å²) in [5.74, 6) is -1.02. The molecule has 1 aromatic heterocycles. The Morgan fingerprint density at radius 3 is 2.71 bits per heavy atom. The molecule has 21 heavy (non-hydrogen) atoms. The van der Waals surface area contributed by atoms with E-state index in [9.17, 15) is 24.8 Å². The summed E-state index contributed by atoms with van der Waals surface area (Å²) in [5, 5.41) is 20.5. The van der Waals surface area contributed by atoms with E-state index in [-0.39, 0.29) is 36.8 Å². The third-order valence-electron chi connectivity index (χ3n) is 3.30. The normalized spacial score (nSPS) is 15.0. The van der Waals surface area contributed by atoms with Crippen molar-refractivity contribution in [2.75, 3.05) is 13.1 Å². The van der Waals surface area contributed by atoms with Crippen LogP contribution in [0.25, 0.3) is 0 Å². The minimum Gasteiger partial charge on any atom is -0.509 e. The highest BCUT2D eigenvalue weighted by molar-refractivity contribution is 6.20. The molecule has 2 rings (SSSR count). The zero-order chi connectivity index (χ0) is 15.7. The first-order chi connectivity index (χ1) is 9.82. The SMILES string of the molecule is CC(=O)C1=C(O)CN(CCn2c([N+](=O)[O-])cnc2C)C1=O. The molecule has 0 fully saturated rings. The van der Waals surface area contributed by atoms with Crippen LogP contribution < -0.4 is 0 Å². The highest BCUT2D eigenvalue weighted by Gasteiger charge is 2.33. The molecular formula is C12H14N4O5. The molecular weight excluding hydrogens is 280 g/mol. The molecule has 0 atom stereocenters. The number of carbonyl (C=O) groups is 2. The number of imidazole rings is 1. The molecule has 2 heterocycles. The number of hydrogen-bond donors (Lipinski definition) is 1. The third kappa shape index (κ3) is 2.62. The number of aromatic nitrogens is 2. The fraction of sp³-hybridized carbons (Fsp3) is 0.417. The van der Waals surface area contributed by atoms with Gasteiger partial charge in [-0.3, -0.25) is 9.59 Å². The maximum atomic E-state index is 11.9. The molecule has 0 saturated heterocycles. The maximum Gasteiger partial charge on any atom is 0.342 e. The largest absolute Gasteiger partial charge is 0.509 e. The number of ketones is 1. The van der Waals surface area contributed by atoms with Crippen LogP contribution in [0.4, 0.5) is 5.82 Å². The van der Waals surface area contributed by atoms with Crippen molar-refractivity contribution in [3.8, 4) is 0 Å². The Balaban J connectivity index is 2.10. The van der Waals surface area contributed by atoms with Gasteiger partial charge in [-0.25, -0.2) is 9.55 Å². The van der Waals surface area contributed by atoms with Gasteiger partial charge in [0.1, 0.15) is 24.1 Å². The number of rotatable bonds is 5. The molecule has 0 spiro atoms. The molecule has 0 aliphatic carbocycles. The van der Waals surface area contributed by atoms with Crippen LogP contribution in [-0.4, -0.2) is 49.3 Å². The smallest absolute Gasteiger partial charge is 0.342 e. The molecule has 0 saturated carbocycles. The Morgan fingerprint density at radius 1 is 1.52 bits per heavy atom. The van der Waals surface area contributed by atoms with E-state index < -0.39 is 16.6 Å². The van der Waals surface area contributed by atoms with Gasteiger partial charge < -0.3 is 20.1 Å². The quantitative estimate of drug-likeness (QED) is 0.475. The molecule has 1 aliphatic rings. The van der Waals surface area contributed by atoms with E-state index in [4.69, 9.17) is 0 Å². The molecule has 1 N–H and O–H groups in total. The Morgan fingerprint density at radius 2 is 2.19 bits per heavy atom. The Kier molecular flexibility index (Phi) is 3.74. The molecule has 1 aliphatic heterocycles. The number of aryl methyl sites for hydroxylation is 1. The van der Waals surface area contributed by atoms with Crippen molar-refractivity contribution in [3.63, 3.8) is 0 Å². The van der Waals surface area contributed by atoms with Crippen molar-refractivity contribution in [2.24, 2.45) is 0 Å². The number of Topliss-reactive ketones (excluding diaryl/α,β-unsaturated/α-hetero) is 1. The van der Waals surface area contributed by atoms with E-state index in [0.29, 0.717) is 5.82 Å². The van der Waals surface area contributed by atoms with Crippen molar-refractivity contribution in [2.45, 2.75) is 20.4 Å². The highest BCUT2D eigenvalue weighted by atomic mass is 16.6. The van der Waals surface area contributed by atoms with Gasteiger partial charge in [0.25, 0.3) is 5.91 Å². The number of aliphatic hydroxyl groups is 1. The van der Waals surface area contributed by atoms with Crippen LogP contribution in [0, 0.1) is 17.0 Å². The second kappa shape index (κ2) is 5.35. The summed E-state index contributed by atoms with van der Waals surface area (Å²) in [6, 6.07) is 0.